The lowest BCUT2D eigenvalue weighted by molar-refractivity contribution is 0.429. The standard InChI is InChI=1S/C14H22N4O/c1-3-4-5-6-7-8-11(2)18-10-16-12-9-15-14(19)17-13(12)18/h9-11H,3-8H2,1-2H3,(H,15,17,19). The summed E-state index contributed by atoms with van der Waals surface area (Å²) in [5.41, 5.74) is 1.45. The van der Waals surface area contributed by atoms with E-state index in [0.717, 1.165) is 11.9 Å². The van der Waals surface area contributed by atoms with Gasteiger partial charge < -0.3 is 9.67 Å². The van der Waals surface area contributed by atoms with Crippen LogP contribution < -0.4 is 0 Å². The maximum absolute atomic E-state index is 9.36. The van der Waals surface area contributed by atoms with Gasteiger partial charge in [0.15, 0.2) is 5.65 Å². The molecule has 5 heteroatoms. The molecule has 0 aliphatic rings. The molecule has 2 aromatic rings. The summed E-state index contributed by atoms with van der Waals surface area (Å²) in [6.07, 6.45) is 10.9. The molecule has 2 heterocycles. The van der Waals surface area contributed by atoms with Crippen LogP contribution in [0.1, 0.15) is 58.4 Å². The average molecular weight is 262 g/mol. The highest BCUT2D eigenvalue weighted by atomic mass is 16.3. The molecule has 0 aliphatic carbocycles. The van der Waals surface area contributed by atoms with Crippen molar-refractivity contribution < 1.29 is 5.11 Å². The average Bonchev–Trinajstić information content (AvgIpc) is 2.81. The van der Waals surface area contributed by atoms with E-state index >= 15 is 0 Å². The second kappa shape index (κ2) is 6.50. The topological polar surface area (TPSA) is 63.8 Å². The summed E-state index contributed by atoms with van der Waals surface area (Å²) in [5, 5.41) is 9.36. The van der Waals surface area contributed by atoms with Gasteiger partial charge in [-0.3, -0.25) is 0 Å². The van der Waals surface area contributed by atoms with Gasteiger partial charge in [-0.25, -0.2) is 9.97 Å². The molecule has 19 heavy (non-hydrogen) atoms. The van der Waals surface area contributed by atoms with E-state index in [2.05, 4.69) is 28.8 Å². The lowest BCUT2D eigenvalue weighted by Crippen LogP contribution is -2.04. The van der Waals surface area contributed by atoms with Crippen molar-refractivity contribution in [1.82, 2.24) is 19.5 Å². The van der Waals surface area contributed by atoms with Crippen molar-refractivity contribution in [3.05, 3.63) is 12.5 Å². The van der Waals surface area contributed by atoms with Crippen LogP contribution in [-0.4, -0.2) is 24.6 Å². The van der Waals surface area contributed by atoms with Crippen molar-refractivity contribution in [2.75, 3.05) is 0 Å². The molecule has 0 saturated heterocycles. The molecule has 104 valence electrons. The summed E-state index contributed by atoms with van der Waals surface area (Å²) in [6, 6.07) is 0.158. The molecule has 1 N–H and O–H groups in total. The molecule has 2 rings (SSSR count). The molecule has 0 fully saturated rings. The molecule has 0 radical (unpaired) electrons. The first-order valence-corrected chi connectivity index (χ1v) is 7.11. The molecule has 0 aromatic carbocycles. The van der Waals surface area contributed by atoms with Crippen LogP contribution in [0.4, 0.5) is 0 Å². The SMILES string of the molecule is CCCCCCCC(C)n1cnc2cnc(O)nc21. The molecular weight excluding hydrogens is 240 g/mol. The number of imidazole rings is 1. The van der Waals surface area contributed by atoms with Gasteiger partial charge in [-0.05, 0) is 13.3 Å². The molecule has 0 aliphatic heterocycles. The smallest absolute Gasteiger partial charge is 0.315 e. The Hall–Kier alpha value is -1.65. The van der Waals surface area contributed by atoms with Crippen LogP contribution in [-0.2, 0) is 0 Å². The Morgan fingerprint density at radius 2 is 2.00 bits per heavy atom. The minimum atomic E-state index is -0.190. The monoisotopic (exact) mass is 262 g/mol. The van der Waals surface area contributed by atoms with Gasteiger partial charge in [0.05, 0.1) is 12.5 Å². The zero-order valence-corrected chi connectivity index (χ0v) is 11.7. The fourth-order valence-corrected chi connectivity index (χ4v) is 2.32. The lowest BCUT2D eigenvalue weighted by atomic mass is 10.1. The van der Waals surface area contributed by atoms with Gasteiger partial charge in [0.2, 0.25) is 0 Å². The molecule has 0 spiro atoms. The van der Waals surface area contributed by atoms with E-state index in [4.69, 9.17) is 0 Å². The molecule has 1 atom stereocenters. The van der Waals surface area contributed by atoms with Gasteiger partial charge in [-0.15, -0.1) is 0 Å². The molecule has 1 unspecified atom stereocenters. The Labute approximate surface area is 113 Å². The van der Waals surface area contributed by atoms with E-state index in [1.54, 1.807) is 12.5 Å². The first kappa shape index (κ1) is 13.8. The molecule has 2 aromatic heterocycles. The second-order valence-electron chi connectivity index (χ2n) is 5.08. The van der Waals surface area contributed by atoms with E-state index in [9.17, 15) is 5.11 Å². The zero-order chi connectivity index (χ0) is 13.7. The Balaban J connectivity index is 1.97. The first-order valence-electron chi connectivity index (χ1n) is 7.11. The largest absolute Gasteiger partial charge is 0.479 e. The lowest BCUT2D eigenvalue weighted by Gasteiger charge is -2.13. The Morgan fingerprint density at radius 3 is 2.79 bits per heavy atom. The molecular formula is C14H22N4O. The van der Waals surface area contributed by atoms with Gasteiger partial charge in [0.1, 0.15) is 5.52 Å². The summed E-state index contributed by atoms with van der Waals surface area (Å²) in [4.78, 5) is 12.1. The maximum atomic E-state index is 9.36. The highest BCUT2D eigenvalue weighted by molar-refractivity contribution is 5.69. The summed E-state index contributed by atoms with van der Waals surface area (Å²) >= 11 is 0. The van der Waals surface area contributed by atoms with Crippen LogP contribution in [0.15, 0.2) is 12.5 Å². The molecule has 0 saturated carbocycles. The zero-order valence-electron chi connectivity index (χ0n) is 11.7. The summed E-state index contributed by atoms with van der Waals surface area (Å²) < 4.78 is 2.02. The van der Waals surface area contributed by atoms with Gasteiger partial charge in [-0.1, -0.05) is 39.0 Å². The van der Waals surface area contributed by atoms with Crippen LogP contribution in [0.3, 0.4) is 0 Å². The fraction of sp³-hybridized carbons (Fsp3) is 0.643. The van der Waals surface area contributed by atoms with Crippen molar-refractivity contribution >= 4 is 11.2 Å². The normalized spacial score (nSPS) is 12.9. The van der Waals surface area contributed by atoms with E-state index in [0.29, 0.717) is 11.7 Å². The highest BCUT2D eigenvalue weighted by Gasteiger charge is 2.11. The number of hydrogen-bond acceptors (Lipinski definition) is 4. The van der Waals surface area contributed by atoms with Crippen LogP contribution in [0, 0.1) is 0 Å². The third-order valence-corrected chi connectivity index (χ3v) is 3.50. The van der Waals surface area contributed by atoms with Gasteiger partial charge in [0.25, 0.3) is 0 Å². The summed E-state index contributed by atoms with van der Waals surface area (Å²) in [6.45, 7) is 4.40. The van der Waals surface area contributed by atoms with E-state index < -0.39 is 0 Å². The molecule has 0 amide bonds. The number of rotatable bonds is 7. The van der Waals surface area contributed by atoms with Gasteiger partial charge in [0, 0.05) is 6.04 Å². The number of aromatic nitrogens is 4. The van der Waals surface area contributed by atoms with Crippen molar-refractivity contribution in [3.63, 3.8) is 0 Å². The minimum absolute atomic E-state index is 0.190. The van der Waals surface area contributed by atoms with Crippen LogP contribution in [0.25, 0.3) is 11.2 Å². The van der Waals surface area contributed by atoms with Gasteiger partial charge in [-0.2, -0.15) is 4.98 Å². The molecule has 5 nitrogen and oxygen atoms in total. The Morgan fingerprint density at radius 1 is 1.21 bits per heavy atom. The van der Waals surface area contributed by atoms with Crippen LogP contribution >= 0.6 is 0 Å². The third kappa shape index (κ3) is 3.43. The quantitative estimate of drug-likeness (QED) is 0.776. The summed E-state index contributed by atoms with van der Waals surface area (Å²) in [7, 11) is 0. The third-order valence-electron chi connectivity index (χ3n) is 3.50. The Kier molecular flexibility index (Phi) is 4.71. The van der Waals surface area contributed by atoms with E-state index in [1.165, 1.54) is 32.1 Å². The summed E-state index contributed by atoms with van der Waals surface area (Å²) in [5.74, 6) is 0. The second-order valence-corrected chi connectivity index (χ2v) is 5.08. The minimum Gasteiger partial charge on any atom is -0.479 e. The predicted octanol–water partition coefficient (Wildman–Crippen LogP) is 3.45. The predicted molar refractivity (Wildman–Crippen MR) is 75.1 cm³/mol. The number of aromatic hydroxyl groups is 1. The fourth-order valence-electron chi connectivity index (χ4n) is 2.32. The van der Waals surface area contributed by atoms with Crippen LogP contribution in [0.5, 0.6) is 6.01 Å². The maximum Gasteiger partial charge on any atom is 0.315 e. The number of hydrogen-bond donors (Lipinski definition) is 1. The van der Waals surface area contributed by atoms with Gasteiger partial charge >= 0.3 is 6.01 Å². The first-order chi connectivity index (χ1) is 9.22. The number of unbranched alkanes of at least 4 members (excludes halogenated alkanes) is 4. The molecule has 0 bridgehead atoms. The Bertz CT molecular complexity index is 523. The van der Waals surface area contributed by atoms with E-state index in [-0.39, 0.29) is 6.01 Å². The van der Waals surface area contributed by atoms with Crippen LogP contribution in [0.2, 0.25) is 0 Å². The number of fused-ring (bicyclic) bond motifs is 1. The van der Waals surface area contributed by atoms with E-state index in [1.807, 2.05) is 4.57 Å². The number of nitrogens with zero attached hydrogens (tertiary/aromatic N) is 4. The van der Waals surface area contributed by atoms with Crippen molar-refractivity contribution in [3.8, 4) is 6.01 Å². The van der Waals surface area contributed by atoms with Crippen molar-refractivity contribution in [2.24, 2.45) is 0 Å². The highest BCUT2D eigenvalue weighted by Crippen LogP contribution is 2.21. The van der Waals surface area contributed by atoms with Crippen molar-refractivity contribution in [2.45, 2.75) is 58.4 Å². The van der Waals surface area contributed by atoms with Crippen molar-refractivity contribution in [1.29, 1.82) is 0 Å².